The van der Waals surface area contributed by atoms with E-state index in [1.54, 1.807) is 43.3 Å². The van der Waals surface area contributed by atoms with Gasteiger partial charge in [0.2, 0.25) is 5.91 Å². The highest BCUT2D eigenvalue weighted by molar-refractivity contribution is 7.92. The number of para-hydroxylation sites is 1. The molecule has 2 aromatic carbocycles. The lowest BCUT2D eigenvalue weighted by atomic mass is 10.2. The zero-order chi connectivity index (χ0) is 21.0. The van der Waals surface area contributed by atoms with Crippen LogP contribution in [-0.2, 0) is 21.4 Å². The average Bonchev–Trinajstić information content (AvgIpc) is 2.70. The van der Waals surface area contributed by atoms with Crippen LogP contribution in [-0.4, -0.2) is 18.9 Å². The molecule has 150 valence electrons. The van der Waals surface area contributed by atoms with Crippen LogP contribution in [0.15, 0.2) is 76.4 Å². The highest BCUT2D eigenvalue weighted by Gasteiger charge is 2.18. The lowest BCUT2D eigenvalue weighted by Gasteiger charge is -2.14. The molecule has 0 aliphatic rings. The van der Waals surface area contributed by atoms with Gasteiger partial charge in [0, 0.05) is 11.4 Å². The van der Waals surface area contributed by atoms with Crippen molar-refractivity contribution < 1.29 is 13.2 Å². The van der Waals surface area contributed by atoms with Crippen molar-refractivity contribution in [2.45, 2.75) is 25.3 Å². The van der Waals surface area contributed by atoms with Gasteiger partial charge in [-0.1, -0.05) is 36.4 Å². The summed E-state index contributed by atoms with van der Waals surface area (Å²) in [4.78, 5) is 25.3. The Hall–Kier alpha value is -3.39. The molecular formula is C21H21N3O4S. The molecule has 8 heteroatoms. The summed E-state index contributed by atoms with van der Waals surface area (Å²) in [6.45, 7) is 3.31. The maximum Gasteiger partial charge on any atom is 0.275 e. The van der Waals surface area contributed by atoms with Crippen LogP contribution in [0.5, 0.6) is 0 Å². The van der Waals surface area contributed by atoms with Gasteiger partial charge in [-0.3, -0.25) is 14.3 Å². The Morgan fingerprint density at radius 3 is 2.24 bits per heavy atom. The number of nitrogens with one attached hydrogen (secondary N) is 2. The maximum absolute atomic E-state index is 12.8. The first kappa shape index (κ1) is 20.3. The molecule has 1 aromatic heterocycles. The Bertz CT molecular complexity index is 1200. The summed E-state index contributed by atoms with van der Waals surface area (Å²) in [6, 6.07) is 18.1. The monoisotopic (exact) mass is 411 g/mol. The molecule has 0 bridgehead atoms. The number of anilines is 2. The summed E-state index contributed by atoms with van der Waals surface area (Å²) < 4.78 is 28.6. The van der Waals surface area contributed by atoms with Crippen LogP contribution in [0.1, 0.15) is 11.3 Å². The van der Waals surface area contributed by atoms with E-state index in [4.69, 9.17) is 0 Å². The summed E-state index contributed by atoms with van der Waals surface area (Å²) in [5.41, 5.74) is 1.38. The van der Waals surface area contributed by atoms with Crippen molar-refractivity contribution in [1.29, 1.82) is 0 Å². The number of amides is 1. The molecule has 0 aliphatic heterocycles. The molecule has 2 N–H and O–H groups in total. The molecule has 0 fully saturated rings. The molecule has 0 unspecified atom stereocenters. The number of aromatic nitrogens is 1. The second kappa shape index (κ2) is 8.32. The molecule has 3 aromatic rings. The zero-order valence-electron chi connectivity index (χ0n) is 16.0. The second-order valence-corrected chi connectivity index (χ2v) is 8.24. The van der Waals surface area contributed by atoms with Crippen LogP contribution in [0.2, 0.25) is 0 Å². The zero-order valence-corrected chi connectivity index (χ0v) is 16.9. The van der Waals surface area contributed by atoms with Gasteiger partial charge in [0.15, 0.2) is 0 Å². The fraction of sp³-hybridized carbons (Fsp3) is 0.143. The second-order valence-electron chi connectivity index (χ2n) is 6.56. The van der Waals surface area contributed by atoms with Crippen LogP contribution >= 0.6 is 0 Å². The van der Waals surface area contributed by atoms with Gasteiger partial charge in [0.05, 0.1) is 4.90 Å². The number of rotatable bonds is 6. The quantitative estimate of drug-likeness (QED) is 0.652. The summed E-state index contributed by atoms with van der Waals surface area (Å²) in [6.07, 6.45) is 0. The normalized spacial score (nSPS) is 11.1. The van der Waals surface area contributed by atoms with E-state index < -0.39 is 15.6 Å². The molecule has 0 atom stereocenters. The fourth-order valence-electron chi connectivity index (χ4n) is 2.79. The van der Waals surface area contributed by atoms with E-state index in [9.17, 15) is 18.0 Å². The first-order valence-corrected chi connectivity index (χ1v) is 10.4. The van der Waals surface area contributed by atoms with Crippen LogP contribution in [0.3, 0.4) is 0 Å². The van der Waals surface area contributed by atoms with Crippen molar-refractivity contribution in [2.75, 3.05) is 10.0 Å². The van der Waals surface area contributed by atoms with Gasteiger partial charge in [0.1, 0.15) is 12.2 Å². The van der Waals surface area contributed by atoms with E-state index in [1.165, 1.54) is 22.8 Å². The van der Waals surface area contributed by atoms with Gasteiger partial charge < -0.3 is 9.88 Å². The van der Waals surface area contributed by atoms with Crippen molar-refractivity contribution >= 4 is 27.3 Å². The SMILES string of the molecule is Cc1ccccc1NC(=O)Cn1c(C)ccc(NS(=O)(=O)c2ccccc2)c1=O. The number of carbonyl (C=O) groups is 1. The predicted octanol–water partition coefficient (Wildman–Crippen LogP) is 2.90. The van der Waals surface area contributed by atoms with Gasteiger partial charge in [0.25, 0.3) is 15.6 Å². The van der Waals surface area contributed by atoms with Crippen LogP contribution in [0, 0.1) is 13.8 Å². The van der Waals surface area contributed by atoms with Gasteiger partial charge >= 0.3 is 0 Å². The number of nitrogens with zero attached hydrogens (tertiary/aromatic N) is 1. The molecule has 29 heavy (non-hydrogen) atoms. The Morgan fingerprint density at radius 1 is 0.897 bits per heavy atom. The molecule has 0 radical (unpaired) electrons. The summed E-state index contributed by atoms with van der Waals surface area (Å²) in [5, 5.41) is 2.77. The predicted molar refractivity (Wildman–Crippen MR) is 112 cm³/mol. The highest BCUT2D eigenvalue weighted by atomic mass is 32.2. The van der Waals surface area contributed by atoms with Gasteiger partial charge in [-0.15, -0.1) is 0 Å². The van der Waals surface area contributed by atoms with E-state index in [2.05, 4.69) is 10.0 Å². The van der Waals surface area contributed by atoms with Crippen molar-refractivity contribution in [3.63, 3.8) is 0 Å². The van der Waals surface area contributed by atoms with E-state index in [1.807, 2.05) is 19.1 Å². The lowest BCUT2D eigenvalue weighted by molar-refractivity contribution is -0.116. The molecule has 0 saturated carbocycles. The van der Waals surface area contributed by atoms with Crippen LogP contribution < -0.4 is 15.6 Å². The first-order chi connectivity index (χ1) is 13.8. The Kier molecular flexibility index (Phi) is 5.84. The highest BCUT2D eigenvalue weighted by Crippen LogP contribution is 2.15. The number of aryl methyl sites for hydroxylation is 2. The number of sulfonamides is 1. The minimum atomic E-state index is -3.91. The lowest BCUT2D eigenvalue weighted by Crippen LogP contribution is -2.31. The summed E-state index contributed by atoms with van der Waals surface area (Å²) in [5.74, 6) is -0.382. The van der Waals surface area contributed by atoms with E-state index in [-0.39, 0.29) is 23.0 Å². The third-order valence-electron chi connectivity index (χ3n) is 4.41. The first-order valence-electron chi connectivity index (χ1n) is 8.92. The molecule has 7 nitrogen and oxygen atoms in total. The van der Waals surface area contributed by atoms with Gasteiger partial charge in [-0.2, -0.15) is 0 Å². The number of carbonyl (C=O) groups excluding carboxylic acids is 1. The smallest absolute Gasteiger partial charge is 0.275 e. The largest absolute Gasteiger partial charge is 0.324 e. The van der Waals surface area contributed by atoms with Gasteiger partial charge in [-0.25, -0.2) is 8.42 Å². The van der Waals surface area contributed by atoms with E-state index >= 15 is 0 Å². The van der Waals surface area contributed by atoms with Crippen molar-refractivity contribution in [1.82, 2.24) is 4.57 Å². The number of hydrogen-bond donors (Lipinski definition) is 2. The number of hydrogen-bond acceptors (Lipinski definition) is 4. The third-order valence-corrected chi connectivity index (χ3v) is 5.79. The number of benzene rings is 2. The molecule has 0 spiro atoms. The van der Waals surface area contributed by atoms with E-state index in [0.29, 0.717) is 11.4 Å². The minimum absolute atomic E-state index is 0.0452. The average molecular weight is 411 g/mol. The molecule has 3 rings (SSSR count). The fourth-order valence-corrected chi connectivity index (χ4v) is 3.87. The molecule has 0 saturated heterocycles. The standard InChI is InChI=1S/C21H21N3O4S/c1-15-8-6-7-11-18(15)22-20(25)14-24-16(2)12-13-19(21(24)26)23-29(27,28)17-9-4-3-5-10-17/h3-13,23H,14H2,1-2H3,(H,22,25). The van der Waals surface area contributed by atoms with Crippen LogP contribution in [0.4, 0.5) is 11.4 Å². The summed E-state index contributed by atoms with van der Waals surface area (Å²) in [7, 11) is -3.91. The van der Waals surface area contributed by atoms with Gasteiger partial charge in [-0.05, 0) is 49.7 Å². The van der Waals surface area contributed by atoms with Crippen molar-refractivity contribution in [2.24, 2.45) is 0 Å². The Morgan fingerprint density at radius 2 is 1.55 bits per heavy atom. The summed E-state index contributed by atoms with van der Waals surface area (Å²) >= 11 is 0. The van der Waals surface area contributed by atoms with Crippen molar-refractivity contribution in [3.05, 3.63) is 88.3 Å². The molecule has 0 aliphatic carbocycles. The molecule has 1 amide bonds. The number of pyridine rings is 1. The third kappa shape index (κ3) is 4.72. The van der Waals surface area contributed by atoms with Crippen LogP contribution in [0.25, 0.3) is 0 Å². The molecular weight excluding hydrogens is 390 g/mol. The minimum Gasteiger partial charge on any atom is -0.324 e. The molecule has 1 heterocycles. The van der Waals surface area contributed by atoms with E-state index in [0.717, 1.165) is 5.56 Å². The van der Waals surface area contributed by atoms with Crippen molar-refractivity contribution in [3.8, 4) is 0 Å². The topological polar surface area (TPSA) is 97.3 Å². The Labute approximate surface area is 169 Å². The maximum atomic E-state index is 12.8. The Balaban J connectivity index is 1.85.